The van der Waals surface area contributed by atoms with Crippen LogP contribution in [0.1, 0.15) is 11.3 Å². The molecule has 1 aliphatic rings. The van der Waals surface area contributed by atoms with Crippen molar-refractivity contribution in [3.05, 3.63) is 53.9 Å². The zero-order chi connectivity index (χ0) is 22.7. The Morgan fingerprint density at radius 1 is 1.28 bits per heavy atom. The molecule has 1 atom stereocenters. The molecule has 3 aromatic rings. The zero-order valence-corrected chi connectivity index (χ0v) is 17.7. The quantitative estimate of drug-likeness (QED) is 0.519. The molecule has 0 radical (unpaired) electrons. The summed E-state index contributed by atoms with van der Waals surface area (Å²) in [5, 5.41) is 18.8. The molecule has 1 aromatic heterocycles. The van der Waals surface area contributed by atoms with E-state index in [1.54, 1.807) is 25.4 Å². The Hall–Kier alpha value is -4.01. The van der Waals surface area contributed by atoms with Gasteiger partial charge in [0.25, 0.3) is 0 Å². The second-order valence-corrected chi connectivity index (χ2v) is 7.48. The fourth-order valence-electron chi connectivity index (χ4n) is 3.59. The van der Waals surface area contributed by atoms with E-state index in [0.717, 1.165) is 28.1 Å². The van der Waals surface area contributed by atoms with Gasteiger partial charge in [0.1, 0.15) is 23.9 Å². The smallest absolute Gasteiger partial charge is 0.341 e. The number of aromatic amines is 1. The van der Waals surface area contributed by atoms with E-state index in [0.29, 0.717) is 17.9 Å². The number of hydrogen-bond donors (Lipinski definition) is 3. The number of amides is 1. The molecule has 1 unspecified atom stereocenters. The average Bonchev–Trinajstić information content (AvgIpc) is 3.23. The highest BCUT2D eigenvalue weighted by atomic mass is 16.5. The number of nitrogens with one attached hydrogen (secondary N) is 2. The van der Waals surface area contributed by atoms with Crippen molar-refractivity contribution >= 4 is 17.6 Å². The fraction of sp³-hybridized carbons (Fsp3) is 0.261. The zero-order valence-electron chi connectivity index (χ0n) is 17.7. The van der Waals surface area contributed by atoms with Gasteiger partial charge in [0.05, 0.1) is 24.9 Å². The molecule has 0 saturated carbocycles. The first-order chi connectivity index (χ1) is 15.4. The van der Waals surface area contributed by atoms with Gasteiger partial charge in [-0.15, -0.1) is 0 Å². The highest BCUT2D eigenvalue weighted by Gasteiger charge is 2.27. The van der Waals surface area contributed by atoms with Crippen molar-refractivity contribution in [1.82, 2.24) is 10.2 Å². The molecule has 0 aliphatic carbocycles. The second kappa shape index (κ2) is 9.01. The van der Waals surface area contributed by atoms with Crippen LogP contribution in [0, 0.1) is 12.8 Å². The Labute approximate surface area is 184 Å². The van der Waals surface area contributed by atoms with E-state index >= 15 is 0 Å². The number of carbonyl (C=O) groups excluding carboxylic acids is 1. The highest BCUT2D eigenvalue weighted by Crippen LogP contribution is 2.34. The van der Waals surface area contributed by atoms with Crippen molar-refractivity contribution in [1.29, 1.82) is 0 Å². The van der Waals surface area contributed by atoms with Gasteiger partial charge in [-0.3, -0.25) is 9.89 Å². The first-order valence-electron chi connectivity index (χ1n) is 10.0. The van der Waals surface area contributed by atoms with Gasteiger partial charge in [-0.05, 0) is 54.8 Å². The molecule has 2 heterocycles. The van der Waals surface area contributed by atoms with Gasteiger partial charge in [0, 0.05) is 11.3 Å². The number of aliphatic carboxylic acids is 1. The number of carboxylic acids is 1. The minimum Gasteiger partial charge on any atom is -0.497 e. The molecule has 1 aliphatic heterocycles. The number of carboxylic acid groups (broad SMARTS) is 1. The van der Waals surface area contributed by atoms with Crippen molar-refractivity contribution in [3.63, 3.8) is 0 Å². The summed E-state index contributed by atoms with van der Waals surface area (Å²) in [4.78, 5) is 24.0. The van der Waals surface area contributed by atoms with Crippen molar-refractivity contribution < 1.29 is 28.9 Å². The van der Waals surface area contributed by atoms with Crippen molar-refractivity contribution in [2.24, 2.45) is 5.92 Å². The molecule has 166 valence electrons. The molecular formula is C23H23N3O6. The van der Waals surface area contributed by atoms with Crippen LogP contribution in [0.25, 0.3) is 11.1 Å². The number of carbonyl (C=O) groups is 2. The van der Waals surface area contributed by atoms with E-state index in [1.807, 2.05) is 31.2 Å². The van der Waals surface area contributed by atoms with Crippen LogP contribution in [-0.4, -0.2) is 47.5 Å². The first kappa shape index (κ1) is 21.2. The summed E-state index contributed by atoms with van der Waals surface area (Å²) < 4.78 is 16.5. The van der Waals surface area contributed by atoms with Crippen LogP contribution in [0.4, 0.5) is 5.69 Å². The topological polar surface area (TPSA) is 123 Å². The highest BCUT2D eigenvalue weighted by molar-refractivity contribution is 5.95. The summed E-state index contributed by atoms with van der Waals surface area (Å²) in [6, 6.07) is 10.7. The maximum atomic E-state index is 13.0. The fourth-order valence-corrected chi connectivity index (χ4v) is 3.59. The molecule has 0 saturated heterocycles. The van der Waals surface area contributed by atoms with Gasteiger partial charge in [0.2, 0.25) is 5.91 Å². The summed E-state index contributed by atoms with van der Waals surface area (Å²) >= 11 is 0. The van der Waals surface area contributed by atoms with Gasteiger partial charge >= 0.3 is 5.97 Å². The molecular weight excluding hydrogens is 414 g/mol. The third-order valence-electron chi connectivity index (χ3n) is 5.28. The predicted molar refractivity (Wildman–Crippen MR) is 116 cm³/mol. The molecule has 0 bridgehead atoms. The molecule has 9 heteroatoms. The standard InChI is InChI=1S/C23H23N3O6/c1-13-18(10-24-26-13)14-3-5-19(21(9-14)32-12-22(27)28)25-23(29)16-7-15-8-17(30-2)4-6-20(15)31-11-16/h3-6,8-10,16H,7,11-12H2,1-2H3,(H,24,26)(H,25,29)(H,27,28). The third kappa shape index (κ3) is 4.51. The summed E-state index contributed by atoms with van der Waals surface area (Å²) in [6.45, 7) is 1.59. The molecule has 4 rings (SSSR count). The Kier molecular flexibility index (Phi) is 5.98. The SMILES string of the molecule is COc1ccc2c(c1)CC(C(=O)Nc1ccc(-c3cn[nH]c3C)cc1OCC(=O)O)CO2. The number of methoxy groups -OCH3 is 1. The minimum atomic E-state index is -1.11. The van der Waals surface area contributed by atoms with Crippen LogP contribution >= 0.6 is 0 Å². The number of nitrogens with zero attached hydrogens (tertiary/aromatic N) is 1. The van der Waals surface area contributed by atoms with Gasteiger partial charge < -0.3 is 24.6 Å². The van der Waals surface area contributed by atoms with Crippen LogP contribution in [0.3, 0.4) is 0 Å². The van der Waals surface area contributed by atoms with Crippen LogP contribution in [0.5, 0.6) is 17.2 Å². The third-order valence-corrected chi connectivity index (χ3v) is 5.28. The predicted octanol–water partition coefficient (Wildman–Crippen LogP) is 3.05. The van der Waals surface area contributed by atoms with Crippen LogP contribution in [0.15, 0.2) is 42.6 Å². The van der Waals surface area contributed by atoms with E-state index in [2.05, 4.69) is 15.5 Å². The van der Waals surface area contributed by atoms with E-state index in [-0.39, 0.29) is 18.3 Å². The lowest BCUT2D eigenvalue weighted by Gasteiger charge is -2.25. The lowest BCUT2D eigenvalue weighted by atomic mass is 9.95. The van der Waals surface area contributed by atoms with Gasteiger partial charge in [-0.25, -0.2) is 4.79 Å². The average molecular weight is 437 g/mol. The maximum Gasteiger partial charge on any atom is 0.341 e. The van der Waals surface area contributed by atoms with Crippen LogP contribution in [0.2, 0.25) is 0 Å². The lowest BCUT2D eigenvalue weighted by molar-refractivity contribution is -0.139. The van der Waals surface area contributed by atoms with E-state index in [4.69, 9.17) is 19.3 Å². The number of aryl methyl sites for hydroxylation is 1. The first-order valence-corrected chi connectivity index (χ1v) is 10.0. The Morgan fingerprint density at radius 3 is 2.84 bits per heavy atom. The minimum absolute atomic E-state index is 0.239. The number of fused-ring (bicyclic) bond motifs is 1. The van der Waals surface area contributed by atoms with E-state index in [9.17, 15) is 9.59 Å². The maximum absolute atomic E-state index is 13.0. The van der Waals surface area contributed by atoms with Crippen molar-refractivity contribution in [2.45, 2.75) is 13.3 Å². The van der Waals surface area contributed by atoms with Crippen LogP contribution < -0.4 is 19.5 Å². The Morgan fingerprint density at radius 2 is 2.12 bits per heavy atom. The largest absolute Gasteiger partial charge is 0.497 e. The van der Waals surface area contributed by atoms with E-state index in [1.165, 1.54) is 0 Å². The number of anilines is 1. The number of ether oxygens (including phenoxy) is 3. The summed E-state index contributed by atoms with van der Waals surface area (Å²) in [5.41, 5.74) is 3.78. The number of H-pyrrole nitrogens is 1. The van der Waals surface area contributed by atoms with Gasteiger partial charge in [-0.1, -0.05) is 6.07 Å². The number of aromatic nitrogens is 2. The van der Waals surface area contributed by atoms with Crippen molar-refractivity contribution in [3.8, 4) is 28.4 Å². The summed E-state index contributed by atoms with van der Waals surface area (Å²) in [7, 11) is 1.59. The monoisotopic (exact) mass is 437 g/mol. The second-order valence-electron chi connectivity index (χ2n) is 7.48. The molecule has 0 spiro atoms. The van der Waals surface area contributed by atoms with Crippen molar-refractivity contribution in [2.75, 3.05) is 25.6 Å². The molecule has 2 aromatic carbocycles. The van der Waals surface area contributed by atoms with Gasteiger partial charge in [0.15, 0.2) is 6.61 Å². The number of rotatable bonds is 7. The normalized spacial score (nSPS) is 14.8. The summed E-state index contributed by atoms with van der Waals surface area (Å²) in [6.07, 6.45) is 2.17. The molecule has 3 N–H and O–H groups in total. The Balaban J connectivity index is 1.55. The van der Waals surface area contributed by atoms with Crippen LogP contribution in [-0.2, 0) is 16.0 Å². The van der Waals surface area contributed by atoms with E-state index < -0.39 is 18.5 Å². The Bertz CT molecular complexity index is 1160. The molecule has 1 amide bonds. The molecule has 0 fully saturated rings. The lowest BCUT2D eigenvalue weighted by Crippen LogP contribution is -2.32. The molecule has 32 heavy (non-hydrogen) atoms. The number of hydrogen-bond acceptors (Lipinski definition) is 6. The van der Waals surface area contributed by atoms with Gasteiger partial charge in [-0.2, -0.15) is 5.10 Å². The summed E-state index contributed by atoms with van der Waals surface area (Å²) in [5.74, 6) is -0.0808. The number of benzene rings is 2. The molecule has 9 nitrogen and oxygen atoms in total.